The summed E-state index contributed by atoms with van der Waals surface area (Å²) >= 11 is 23.4. The van der Waals surface area contributed by atoms with E-state index in [-0.39, 0.29) is 28.9 Å². The number of pyridine rings is 1. The van der Waals surface area contributed by atoms with Gasteiger partial charge in [-0.15, -0.1) is 23.2 Å². The summed E-state index contributed by atoms with van der Waals surface area (Å²) in [5.41, 5.74) is -1.12. The maximum absolute atomic E-state index is 14.7. The van der Waals surface area contributed by atoms with Crippen LogP contribution in [0.2, 0.25) is 5.02 Å². The number of hydrazine groups is 1. The molecule has 238 valence electrons. The minimum absolute atomic E-state index is 0.0568. The Bertz CT molecular complexity index is 1730. The van der Waals surface area contributed by atoms with Crippen LogP contribution in [0.25, 0.3) is 0 Å². The fourth-order valence-corrected chi connectivity index (χ4v) is 8.67. The van der Waals surface area contributed by atoms with E-state index in [9.17, 15) is 41.8 Å². The van der Waals surface area contributed by atoms with Gasteiger partial charge in [0.1, 0.15) is 5.69 Å². The number of aromatic nitrogens is 1. The minimum Gasteiger partial charge on any atom is -0.505 e. The van der Waals surface area contributed by atoms with Crippen LogP contribution < -0.4 is 5.01 Å². The van der Waals surface area contributed by atoms with Gasteiger partial charge in [0.15, 0.2) is 27.1 Å². The number of phenols is 1. The third-order valence-corrected chi connectivity index (χ3v) is 11.2. The van der Waals surface area contributed by atoms with Crippen molar-refractivity contribution in [2.45, 2.75) is 34.7 Å². The Kier molecular flexibility index (Phi) is 7.50. The molecule has 1 saturated carbocycles. The zero-order chi connectivity index (χ0) is 33.0. The molecule has 1 aromatic carbocycles. The number of benzene rings is 1. The monoisotopic (exact) mass is 752 g/mol. The lowest BCUT2D eigenvalue weighted by molar-refractivity contribution is -0.142. The van der Waals surface area contributed by atoms with Crippen LogP contribution in [0.1, 0.15) is 30.0 Å². The number of amides is 4. The first-order valence-corrected chi connectivity index (χ1v) is 15.6. The highest BCUT2D eigenvalue weighted by Gasteiger charge is 2.76. The van der Waals surface area contributed by atoms with Gasteiger partial charge in [0.25, 0.3) is 23.6 Å². The number of halogens is 8. The van der Waals surface area contributed by atoms with Crippen LogP contribution >= 0.6 is 50.7 Å². The van der Waals surface area contributed by atoms with Gasteiger partial charge in [0, 0.05) is 13.0 Å². The number of nitrogens with zero attached hydrogens (tertiary/aromatic N) is 4. The van der Waals surface area contributed by atoms with E-state index in [4.69, 9.17) is 34.8 Å². The highest BCUT2D eigenvalue weighted by molar-refractivity contribution is 9.09. The molecule has 4 aliphatic rings. The van der Waals surface area contributed by atoms with E-state index in [1.54, 1.807) is 6.08 Å². The van der Waals surface area contributed by atoms with Crippen LogP contribution in [-0.4, -0.2) is 65.9 Å². The van der Waals surface area contributed by atoms with E-state index in [1.807, 2.05) is 0 Å². The summed E-state index contributed by atoms with van der Waals surface area (Å²) in [5, 5.41) is 11.1. The molecule has 0 radical (unpaired) electrons. The molecule has 2 saturated heterocycles. The summed E-state index contributed by atoms with van der Waals surface area (Å²) in [7, 11) is 1.17. The Morgan fingerprint density at radius 2 is 1.78 bits per heavy atom. The Morgan fingerprint density at radius 1 is 1.09 bits per heavy atom. The average molecular weight is 755 g/mol. The van der Waals surface area contributed by atoms with E-state index in [0.717, 1.165) is 28.1 Å². The molecule has 1 aromatic heterocycles. The van der Waals surface area contributed by atoms with Gasteiger partial charge < -0.3 is 5.11 Å². The van der Waals surface area contributed by atoms with Gasteiger partial charge in [-0.2, -0.15) is 18.2 Å². The number of aromatic hydroxyl groups is 1. The van der Waals surface area contributed by atoms with Crippen LogP contribution in [0, 0.1) is 23.6 Å². The number of carbonyl (C=O) groups is 4. The van der Waals surface area contributed by atoms with Gasteiger partial charge in [-0.3, -0.25) is 29.1 Å². The topological polar surface area (TPSA) is 111 Å². The van der Waals surface area contributed by atoms with E-state index >= 15 is 0 Å². The lowest BCUT2D eigenvalue weighted by Gasteiger charge is -2.50. The zero-order valence-electron chi connectivity index (χ0n) is 22.8. The molecule has 6 rings (SSSR count). The molecule has 17 heteroatoms. The summed E-state index contributed by atoms with van der Waals surface area (Å²) in [6.45, 7) is 0. The number of rotatable bonds is 4. The average Bonchev–Trinajstić information content (AvgIpc) is 3.31. The third kappa shape index (κ3) is 4.35. The first kappa shape index (κ1) is 32.0. The molecule has 9 nitrogen and oxygen atoms in total. The number of carbonyl (C=O) groups excluding carboxylic acids is 4. The molecule has 2 aliphatic carbocycles. The van der Waals surface area contributed by atoms with Gasteiger partial charge in [-0.1, -0.05) is 45.2 Å². The molecule has 6 atom stereocenters. The molecule has 45 heavy (non-hydrogen) atoms. The maximum Gasteiger partial charge on any atom is 0.433 e. The lowest BCUT2D eigenvalue weighted by Crippen LogP contribution is -2.60. The first-order chi connectivity index (χ1) is 21.0. The largest absolute Gasteiger partial charge is 0.505 e. The van der Waals surface area contributed by atoms with Crippen LogP contribution in [-0.2, 0) is 25.4 Å². The summed E-state index contributed by atoms with van der Waals surface area (Å²) in [6, 6.07) is 4.92. The van der Waals surface area contributed by atoms with Crippen molar-refractivity contribution in [1.82, 2.24) is 14.9 Å². The Balaban J connectivity index is 1.46. The van der Waals surface area contributed by atoms with Gasteiger partial charge in [-0.25, -0.2) is 9.37 Å². The van der Waals surface area contributed by atoms with Crippen molar-refractivity contribution in [3.8, 4) is 5.75 Å². The number of hydrogen-bond acceptors (Lipinski definition) is 7. The summed E-state index contributed by atoms with van der Waals surface area (Å²) in [6.07, 6.45) is -3.66. The molecule has 4 amide bonds. The second-order valence-corrected chi connectivity index (χ2v) is 13.4. The maximum atomic E-state index is 14.7. The quantitative estimate of drug-likeness (QED) is 0.147. The molecule has 1 N–H and O–H groups in total. The number of fused-ring (bicyclic) bond motifs is 4. The number of alkyl halides is 6. The van der Waals surface area contributed by atoms with Crippen molar-refractivity contribution in [2.75, 3.05) is 17.5 Å². The highest BCUT2D eigenvalue weighted by Crippen LogP contribution is 2.65. The predicted molar refractivity (Wildman–Crippen MR) is 156 cm³/mol. The second-order valence-electron chi connectivity index (χ2n) is 11.2. The molecule has 0 spiro atoms. The normalized spacial score (nSPS) is 31.2. The molecule has 2 aromatic rings. The second kappa shape index (κ2) is 10.5. The summed E-state index contributed by atoms with van der Waals surface area (Å²) < 4.78 is 55.0. The fourth-order valence-electron chi connectivity index (χ4n) is 7.02. The number of phenolic OH excluding ortho intramolecular Hbond substituents is 1. The van der Waals surface area contributed by atoms with E-state index in [0.29, 0.717) is 16.6 Å². The highest BCUT2D eigenvalue weighted by atomic mass is 79.9. The Morgan fingerprint density at radius 3 is 2.40 bits per heavy atom. The van der Waals surface area contributed by atoms with Crippen molar-refractivity contribution >= 4 is 80.2 Å². The van der Waals surface area contributed by atoms with Crippen molar-refractivity contribution in [3.05, 3.63) is 64.1 Å². The number of allylic oxidation sites excluding steroid dienone is 2. The van der Waals surface area contributed by atoms with Crippen molar-refractivity contribution in [1.29, 1.82) is 0 Å². The molecule has 0 bridgehead atoms. The van der Waals surface area contributed by atoms with Crippen molar-refractivity contribution < 1.29 is 41.8 Å². The standard InChI is InChI=1S/C28H20BrCl3F4N4O5/c1-38(21-15(30)5-7-18(37-21)28(34,35)36)40-22(42)13-4-3-12-14(19(13)23(40)43)9-26(31)24(44)39(10-29)25(45)27(26,32)20(12)11-2-6-17(41)16(33)8-11/h2-3,5-8,13-14,19-20,41H,4,9-10H2,1H3. The molecular weight excluding hydrogens is 735 g/mol. The molecule has 2 aliphatic heterocycles. The predicted octanol–water partition coefficient (Wildman–Crippen LogP) is 5.36. The van der Waals surface area contributed by atoms with Crippen LogP contribution in [0.5, 0.6) is 5.75 Å². The first-order valence-electron chi connectivity index (χ1n) is 13.3. The van der Waals surface area contributed by atoms with Crippen molar-refractivity contribution in [3.63, 3.8) is 0 Å². The number of anilines is 1. The number of imide groups is 2. The van der Waals surface area contributed by atoms with Gasteiger partial charge in [-0.05, 0) is 48.6 Å². The van der Waals surface area contributed by atoms with Gasteiger partial charge in [0.2, 0.25) is 0 Å². The van der Waals surface area contributed by atoms with Crippen LogP contribution in [0.3, 0.4) is 0 Å². The van der Waals surface area contributed by atoms with Crippen molar-refractivity contribution in [2.24, 2.45) is 17.8 Å². The number of likely N-dealkylation sites (tertiary alicyclic amines) is 1. The smallest absolute Gasteiger partial charge is 0.433 e. The fraction of sp³-hybridized carbons (Fsp3) is 0.393. The SMILES string of the molecule is CN(c1nc(C(F)(F)F)ccc1Cl)N1C(=O)C2CC=C3C(CC4(Cl)C(=O)N(CBr)C(=O)C4(Cl)C3c3ccc(O)c(F)c3)C2C1=O. The molecule has 3 fully saturated rings. The summed E-state index contributed by atoms with van der Waals surface area (Å²) in [4.78, 5) is 55.2. The van der Waals surface area contributed by atoms with E-state index < -0.39 is 86.3 Å². The van der Waals surface area contributed by atoms with E-state index in [1.165, 1.54) is 13.1 Å². The third-order valence-electron chi connectivity index (χ3n) is 9.02. The lowest BCUT2D eigenvalue weighted by atomic mass is 9.56. The minimum atomic E-state index is -4.84. The van der Waals surface area contributed by atoms with Gasteiger partial charge in [0.05, 0.1) is 22.3 Å². The number of hydrogen-bond donors (Lipinski definition) is 1. The Labute approximate surface area is 275 Å². The van der Waals surface area contributed by atoms with Crippen LogP contribution in [0.4, 0.5) is 23.4 Å². The summed E-state index contributed by atoms with van der Waals surface area (Å²) in [5.74, 6) is -10.0. The van der Waals surface area contributed by atoms with Gasteiger partial charge >= 0.3 is 6.18 Å². The zero-order valence-corrected chi connectivity index (χ0v) is 26.6. The van der Waals surface area contributed by atoms with Crippen LogP contribution in [0.15, 0.2) is 42.0 Å². The molecule has 6 unspecified atom stereocenters. The van der Waals surface area contributed by atoms with E-state index in [2.05, 4.69) is 20.9 Å². The molecular formula is C28H20BrCl3F4N4O5. The molecule has 3 heterocycles. The Hall–Kier alpha value is -2.94.